The Kier molecular flexibility index (Phi) is 53.2. The van der Waals surface area contributed by atoms with Gasteiger partial charge in [0, 0.05) is 12.8 Å². The van der Waals surface area contributed by atoms with Gasteiger partial charge in [-0.25, -0.2) is 4.57 Å². The summed E-state index contributed by atoms with van der Waals surface area (Å²) in [6.45, 7) is 6.70. The van der Waals surface area contributed by atoms with Crippen molar-refractivity contribution in [3.05, 3.63) is 146 Å². The fourth-order valence-electron chi connectivity index (χ4n) is 7.85. The van der Waals surface area contributed by atoms with E-state index in [-0.39, 0.29) is 37.9 Å². The number of allylic oxidation sites excluding steroid dienone is 23. The lowest BCUT2D eigenvalue weighted by molar-refractivity contribution is -0.870. The summed E-state index contributed by atoms with van der Waals surface area (Å²) in [5.74, 6) is -0.607. The van der Waals surface area contributed by atoms with Crippen LogP contribution in [-0.2, 0) is 27.9 Å². The number of hydrogen-bond donors (Lipinski definition) is 2. The third-order valence-corrected chi connectivity index (χ3v) is 13.5. The van der Waals surface area contributed by atoms with Crippen molar-refractivity contribution < 1.29 is 37.3 Å². The van der Waals surface area contributed by atoms with Crippen LogP contribution in [0.4, 0.5) is 0 Å². The molecule has 0 aromatic heterocycles. The largest absolute Gasteiger partial charge is 0.472 e. The summed E-state index contributed by atoms with van der Waals surface area (Å²) in [6.07, 6.45) is 81.4. The van der Waals surface area contributed by atoms with Gasteiger partial charge in [-0.1, -0.05) is 225 Å². The number of likely N-dealkylation sites (N-methyl/N-ethyl adjacent to an activating group) is 1. The second-order valence-corrected chi connectivity index (χ2v) is 22.6. The summed E-state index contributed by atoms with van der Waals surface area (Å²) in [5, 5.41) is 3.02. The summed E-state index contributed by atoms with van der Waals surface area (Å²) < 4.78 is 30.6. The molecule has 10 heteroatoms. The SMILES string of the molecule is CC/C=C\C/C=C\C/C=C\C/C=C\C/C=C\C/C=C\CCCCC(=O)NC(COP(=O)(O)OCC[N+](C)(C)C)C(/C=C/CCCCCCCCCCCC)OC(=O)CCCCC/C=C\C/C=C\C/C=C\C/C=C\C/C=C\CC. The lowest BCUT2D eigenvalue weighted by Crippen LogP contribution is -2.47. The van der Waals surface area contributed by atoms with Gasteiger partial charge in [0.15, 0.2) is 0 Å². The van der Waals surface area contributed by atoms with Crippen LogP contribution >= 0.6 is 7.82 Å². The monoisotopic (exact) mass is 1100 g/mol. The molecule has 0 aliphatic rings. The first-order chi connectivity index (χ1) is 37.9. The van der Waals surface area contributed by atoms with Gasteiger partial charge < -0.3 is 19.4 Å². The predicted molar refractivity (Wildman–Crippen MR) is 336 cm³/mol. The summed E-state index contributed by atoms with van der Waals surface area (Å²) in [4.78, 5) is 37.7. The van der Waals surface area contributed by atoms with Gasteiger partial charge in [-0.3, -0.25) is 18.6 Å². The highest BCUT2D eigenvalue weighted by Gasteiger charge is 2.30. The number of carbonyl (C=O) groups is 2. The third kappa shape index (κ3) is 56.6. The van der Waals surface area contributed by atoms with Gasteiger partial charge in [0.1, 0.15) is 19.3 Å². The molecule has 0 heterocycles. The van der Waals surface area contributed by atoms with Crippen LogP contribution in [0.15, 0.2) is 146 Å². The maximum absolute atomic E-state index is 13.5. The number of phosphoric acid groups is 1. The molecule has 0 radical (unpaired) electrons. The number of quaternary nitrogens is 1. The molecule has 0 saturated heterocycles. The highest BCUT2D eigenvalue weighted by Crippen LogP contribution is 2.43. The Morgan fingerprint density at radius 1 is 0.462 bits per heavy atom. The summed E-state index contributed by atoms with van der Waals surface area (Å²) in [6, 6.07) is -0.897. The van der Waals surface area contributed by atoms with Gasteiger partial charge in [0.25, 0.3) is 0 Å². The molecule has 0 aliphatic carbocycles. The van der Waals surface area contributed by atoms with Crippen molar-refractivity contribution in [2.75, 3.05) is 40.9 Å². The van der Waals surface area contributed by atoms with E-state index >= 15 is 0 Å². The molecular formula is C68H114N2O7P+. The molecule has 442 valence electrons. The van der Waals surface area contributed by atoms with Crippen molar-refractivity contribution in [1.29, 1.82) is 0 Å². The average molecular weight is 1100 g/mol. The van der Waals surface area contributed by atoms with E-state index in [2.05, 4.69) is 160 Å². The Labute approximate surface area is 478 Å². The average Bonchev–Trinajstić information content (AvgIpc) is 3.40. The Morgan fingerprint density at radius 2 is 0.821 bits per heavy atom. The van der Waals surface area contributed by atoms with E-state index in [9.17, 15) is 19.0 Å². The van der Waals surface area contributed by atoms with Crippen LogP contribution in [0, 0.1) is 0 Å². The van der Waals surface area contributed by atoms with Crippen LogP contribution < -0.4 is 5.32 Å². The minimum absolute atomic E-state index is 0.0172. The van der Waals surface area contributed by atoms with E-state index in [0.29, 0.717) is 23.9 Å². The second kappa shape index (κ2) is 56.2. The Bertz CT molecular complexity index is 1840. The van der Waals surface area contributed by atoms with Crippen LogP contribution in [-0.4, -0.2) is 74.3 Å². The topological polar surface area (TPSA) is 111 Å². The fraction of sp³-hybridized carbons (Fsp3) is 0.618. The molecular weight excluding hydrogens is 988 g/mol. The first-order valence-corrected chi connectivity index (χ1v) is 32.2. The highest BCUT2D eigenvalue weighted by molar-refractivity contribution is 7.47. The number of phosphoric ester groups is 1. The fourth-order valence-corrected chi connectivity index (χ4v) is 8.59. The summed E-state index contributed by atoms with van der Waals surface area (Å²) in [5.41, 5.74) is 0. The van der Waals surface area contributed by atoms with Gasteiger partial charge in [-0.2, -0.15) is 0 Å². The van der Waals surface area contributed by atoms with Crippen LogP contribution in [0.5, 0.6) is 0 Å². The number of ether oxygens (including phenoxy) is 1. The minimum atomic E-state index is -4.48. The van der Waals surface area contributed by atoms with Crippen LogP contribution in [0.25, 0.3) is 0 Å². The van der Waals surface area contributed by atoms with Crippen LogP contribution in [0.1, 0.15) is 220 Å². The summed E-state index contributed by atoms with van der Waals surface area (Å²) in [7, 11) is 1.42. The van der Waals surface area contributed by atoms with E-state index < -0.39 is 20.0 Å². The van der Waals surface area contributed by atoms with Crippen LogP contribution in [0.2, 0.25) is 0 Å². The second-order valence-electron chi connectivity index (χ2n) is 21.1. The van der Waals surface area contributed by atoms with E-state index in [1.807, 2.05) is 33.3 Å². The van der Waals surface area contributed by atoms with Crippen molar-refractivity contribution in [2.24, 2.45) is 0 Å². The molecule has 0 aliphatic heterocycles. The van der Waals surface area contributed by atoms with E-state index in [1.165, 1.54) is 51.4 Å². The van der Waals surface area contributed by atoms with Crippen molar-refractivity contribution in [3.63, 3.8) is 0 Å². The zero-order chi connectivity index (χ0) is 57.2. The first-order valence-electron chi connectivity index (χ1n) is 30.7. The maximum Gasteiger partial charge on any atom is 0.472 e. The molecule has 0 aromatic carbocycles. The maximum atomic E-state index is 13.5. The molecule has 3 atom stereocenters. The van der Waals surface area contributed by atoms with Crippen LogP contribution in [0.3, 0.4) is 0 Å². The van der Waals surface area contributed by atoms with Crippen molar-refractivity contribution >= 4 is 19.7 Å². The van der Waals surface area contributed by atoms with Crippen molar-refractivity contribution in [3.8, 4) is 0 Å². The molecule has 0 saturated carbocycles. The Balaban J connectivity index is 5.43. The highest BCUT2D eigenvalue weighted by atomic mass is 31.2. The number of nitrogens with zero attached hydrogens (tertiary/aromatic N) is 1. The van der Waals surface area contributed by atoms with Gasteiger partial charge in [0.05, 0.1) is 33.8 Å². The number of rotatable bonds is 53. The molecule has 3 unspecified atom stereocenters. The molecule has 0 spiro atoms. The Morgan fingerprint density at radius 3 is 1.24 bits per heavy atom. The lowest BCUT2D eigenvalue weighted by Gasteiger charge is -2.27. The van der Waals surface area contributed by atoms with E-state index in [4.69, 9.17) is 13.8 Å². The van der Waals surface area contributed by atoms with Gasteiger partial charge in [0.2, 0.25) is 5.91 Å². The smallest absolute Gasteiger partial charge is 0.456 e. The van der Waals surface area contributed by atoms with E-state index in [0.717, 1.165) is 122 Å². The van der Waals surface area contributed by atoms with Crippen molar-refractivity contribution in [2.45, 2.75) is 232 Å². The molecule has 78 heavy (non-hydrogen) atoms. The van der Waals surface area contributed by atoms with E-state index in [1.54, 1.807) is 0 Å². The molecule has 0 bridgehead atoms. The minimum Gasteiger partial charge on any atom is -0.456 e. The number of nitrogens with one attached hydrogen (secondary N) is 1. The zero-order valence-electron chi connectivity index (χ0n) is 50.3. The van der Waals surface area contributed by atoms with Crippen molar-refractivity contribution in [1.82, 2.24) is 5.32 Å². The number of carbonyl (C=O) groups excluding carboxylic acids is 2. The summed E-state index contributed by atoms with van der Waals surface area (Å²) >= 11 is 0. The standard InChI is InChI=1S/C68H113N2O7P/c1-7-10-13-16-19-22-25-28-30-32-34-35-37-38-40-42-45-48-51-54-57-60-67(71)69-65(64-76-78(73,74)75-63-62-70(4,5)6)66(59-56-53-50-47-44-27-24-21-18-15-12-9-3)77-68(72)61-58-55-52-49-46-43-41-39-36-33-31-29-26-23-20-17-14-11-8-2/h10-11,13-14,19-20,22-23,28-31,34-36,38-40,43,45-46,48,56,59,65-66H,7-9,12,15-18,21,24-27,32-33,37,41-42,44,47,49-55,57-58,60-64H2,1-6H3,(H-,69,71,73,74)/p+1/b13-10-,14-11-,22-19-,23-20-,30-28-,31-29-,35-34-,39-36-,40-38-,46-43-,48-45-,59-56+. The van der Waals surface area contributed by atoms with Gasteiger partial charge in [-0.05, 0) is 128 Å². The van der Waals surface area contributed by atoms with Gasteiger partial charge >= 0.3 is 13.8 Å². The quantitative estimate of drug-likeness (QED) is 0.0205. The molecule has 0 fully saturated rings. The van der Waals surface area contributed by atoms with Gasteiger partial charge in [-0.15, -0.1) is 0 Å². The molecule has 1 amide bonds. The normalized spacial score (nSPS) is 14.7. The third-order valence-electron chi connectivity index (χ3n) is 12.5. The first kappa shape index (κ1) is 73.9. The number of esters is 1. The lowest BCUT2D eigenvalue weighted by atomic mass is 10.1. The molecule has 0 aromatic rings. The molecule has 9 nitrogen and oxygen atoms in total. The number of amides is 1. The molecule has 0 rings (SSSR count). The predicted octanol–water partition coefficient (Wildman–Crippen LogP) is 19.0. The number of hydrogen-bond acceptors (Lipinski definition) is 6. The number of unbranched alkanes of at least 4 members (excludes halogenated alkanes) is 15. The Hall–Kier alpha value is -4.11. The molecule has 2 N–H and O–H groups in total. The zero-order valence-corrected chi connectivity index (χ0v) is 51.2.